The first-order valence-electron chi connectivity index (χ1n) is 7.91. The number of esters is 1. The topological polar surface area (TPSA) is 80.7 Å². The molecule has 0 aliphatic heterocycles. The zero-order valence-corrected chi connectivity index (χ0v) is 14.0. The normalized spacial score (nSPS) is 42.7. The van der Waals surface area contributed by atoms with Gasteiger partial charge in [0.2, 0.25) is 0 Å². The highest BCUT2D eigenvalue weighted by Gasteiger charge is 2.67. The Morgan fingerprint density at radius 2 is 1.91 bits per heavy atom. The fraction of sp³-hybridized carbons (Fsp3) is 0.933. The molecule has 0 radical (unpaired) electrons. The number of alkyl halides is 2. The lowest BCUT2D eigenvalue weighted by atomic mass is 9.52. The van der Waals surface area contributed by atoms with E-state index in [1.165, 1.54) is 0 Å². The number of fused-ring (bicyclic) bond motifs is 1. The number of carbonyl (C=O) groups excluding carboxylic acids is 1. The predicted octanol–water partition coefficient (Wildman–Crippen LogP) is 2.86. The monoisotopic (exact) mass is 352 g/mol. The van der Waals surface area contributed by atoms with E-state index in [0.29, 0.717) is 24.7 Å². The van der Waals surface area contributed by atoms with Crippen molar-refractivity contribution >= 4 is 16.1 Å². The molecule has 0 saturated heterocycles. The predicted molar refractivity (Wildman–Crippen MR) is 77.2 cm³/mol. The number of rotatable bonds is 4. The number of carbonyl (C=O) groups is 1. The lowest BCUT2D eigenvalue weighted by molar-refractivity contribution is -0.181. The van der Waals surface area contributed by atoms with Gasteiger partial charge in [0.25, 0.3) is 0 Å². The molecule has 3 aliphatic carbocycles. The van der Waals surface area contributed by atoms with Gasteiger partial charge in [-0.25, -0.2) is 0 Å². The van der Waals surface area contributed by atoms with E-state index in [-0.39, 0.29) is 11.3 Å². The molecule has 0 amide bonds. The van der Waals surface area contributed by atoms with Crippen LogP contribution in [0.4, 0.5) is 8.78 Å². The number of halogens is 2. The van der Waals surface area contributed by atoms with Crippen LogP contribution in [0.3, 0.4) is 0 Å². The summed E-state index contributed by atoms with van der Waals surface area (Å²) < 4.78 is 61.0. The van der Waals surface area contributed by atoms with Gasteiger partial charge in [0.15, 0.2) is 6.61 Å². The van der Waals surface area contributed by atoms with Crippen LogP contribution in [0, 0.1) is 28.6 Å². The molecule has 5 nitrogen and oxygen atoms in total. The van der Waals surface area contributed by atoms with Crippen LogP contribution in [0.5, 0.6) is 0 Å². The van der Waals surface area contributed by atoms with Crippen molar-refractivity contribution in [2.75, 3.05) is 6.61 Å². The zero-order valence-electron chi connectivity index (χ0n) is 13.2. The maximum Gasteiger partial charge on any atom is 0.402 e. The minimum atomic E-state index is -5.58. The molecule has 0 aromatic carbocycles. The van der Waals surface area contributed by atoms with E-state index in [1.807, 2.05) is 0 Å². The van der Waals surface area contributed by atoms with Crippen molar-refractivity contribution in [1.82, 2.24) is 0 Å². The third kappa shape index (κ3) is 2.58. The summed E-state index contributed by atoms with van der Waals surface area (Å²) in [6.45, 7) is 2.65. The maximum absolute atomic E-state index is 13.3. The Kier molecular flexibility index (Phi) is 3.62. The van der Waals surface area contributed by atoms with Crippen LogP contribution in [-0.2, 0) is 19.6 Å². The Balaban J connectivity index is 1.75. The SMILES string of the molecule is CC1CC2(C)CC3CC(C(=O)OCC(F)(F)S(=O)(=O)O)(C1)C3C2. The van der Waals surface area contributed by atoms with Gasteiger partial charge in [0.05, 0.1) is 5.41 Å². The second kappa shape index (κ2) is 4.88. The molecule has 0 aromatic rings. The molecule has 3 fully saturated rings. The summed E-state index contributed by atoms with van der Waals surface area (Å²) in [5.41, 5.74) is -0.556. The standard InChI is InChI=1S/C15H22F2O5S/c1-9-3-13(2)5-10-6-14(4-9,11(10)7-13)12(18)22-8-15(16,17)23(19,20)21/h9-11H,3-8H2,1-2H3,(H,19,20,21). The molecular weight excluding hydrogens is 330 g/mol. The summed E-state index contributed by atoms with van der Waals surface area (Å²) in [5.74, 6) is 0.132. The Morgan fingerprint density at radius 1 is 1.26 bits per heavy atom. The van der Waals surface area contributed by atoms with Crippen molar-refractivity contribution in [1.29, 1.82) is 0 Å². The second-order valence-corrected chi connectivity index (χ2v) is 9.70. The van der Waals surface area contributed by atoms with Crippen LogP contribution < -0.4 is 0 Å². The zero-order chi connectivity index (χ0) is 17.3. The van der Waals surface area contributed by atoms with Crippen molar-refractivity contribution in [3.8, 4) is 0 Å². The molecule has 23 heavy (non-hydrogen) atoms. The maximum atomic E-state index is 13.3. The van der Waals surface area contributed by atoms with E-state index in [0.717, 1.165) is 19.3 Å². The highest BCUT2D eigenvalue weighted by Crippen LogP contribution is 2.70. The lowest BCUT2D eigenvalue weighted by Crippen LogP contribution is -2.53. The van der Waals surface area contributed by atoms with Crippen molar-refractivity contribution in [2.45, 2.75) is 51.2 Å². The quantitative estimate of drug-likeness (QED) is 0.621. The van der Waals surface area contributed by atoms with E-state index in [2.05, 4.69) is 18.6 Å². The highest BCUT2D eigenvalue weighted by molar-refractivity contribution is 7.86. The first kappa shape index (κ1) is 17.1. The molecular formula is C15H22F2O5S. The highest BCUT2D eigenvalue weighted by atomic mass is 32.2. The Bertz CT molecular complexity index is 634. The van der Waals surface area contributed by atoms with Crippen LogP contribution in [0.25, 0.3) is 0 Å². The lowest BCUT2D eigenvalue weighted by Gasteiger charge is -2.51. The van der Waals surface area contributed by atoms with Crippen molar-refractivity contribution in [3.63, 3.8) is 0 Å². The van der Waals surface area contributed by atoms with Gasteiger partial charge in [-0.1, -0.05) is 13.8 Å². The van der Waals surface area contributed by atoms with Crippen LogP contribution in [0.2, 0.25) is 0 Å². The molecule has 0 aromatic heterocycles. The van der Waals surface area contributed by atoms with E-state index in [9.17, 15) is 22.0 Å². The van der Waals surface area contributed by atoms with Gasteiger partial charge >= 0.3 is 21.3 Å². The van der Waals surface area contributed by atoms with Crippen molar-refractivity contribution in [2.24, 2.45) is 28.6 Å². The molecule has 1 N–H and O–H groups in total. The van der Waals surface area contributed by atoms with E-state index >= 15 is 0 Å². The third-order valence-corrected chi connectivity index (χ3v) is 6.95. The van der Waals surface area contributed by atoms with E-state index < -0.39 is 33.4 Å². The average molecular weight is 352 g/mol. The summed E-state index contributed by atoms with van der Waals surface area (Å²) in [6.07, 6.45) is 4.19. The van der Waals surface area contributed by atoms with Crippen LogP contribution in [0.15, 0.2) is 0 Å². The largest absolute Gasteiger partial charge is 0.458 e. The summed E-state index contributed by atoms with van der Waals surface area (Å²) in [6, 6.07) is 0. The van der Waals surface area contributed by atoms with Gasteiger partial charge in [-0.3, -0.25) is 9.35 Å². The fourth-order valence-electron chi connectivity index (χ4n) is 5.50. The summed E-state index contributed by atoms with van der Waals surface area (Å²) >= 11 is 0. The van der Waals surface area contributed by atoms with Gasteiger partial charge in [-0.15, -0.1) is 0 Å². The molecule has 5 atom stereocenters. The Hall–Kier alpha value is -0.760. The first-order chi connectivity index (χ1) is 10.4. The van der Waals surface area contributed by atoms with Crippen molar-refractivity contribution in [3.05, 3.63) is 0 Å². The van der Waals surface area contributed by atoms with Crippen LogP contribution in [0.1, 0.15) is 46.0 Å². The van der Waals surface area contributed by atoms with Crippen LogP contribution in [-0.4, -0.2) is 30.8 Å². The van der Waals surface area contributed by atoms with Crippen LogP contribution >= 0.6 is 0 Å². The van der Waals surface area contributed by atoms with E-state index in [4.69, 9.17) is 4.55 Å². The molecule has 3 aliphatic rings. The summed E-state index contributed by atoms with van der Waals surface area (Å²) in [5, 5.41) is -4.47. The molecule has 8 heteroatoms. The second-order valence-electron chi connectivity index (χ2n) is 8.15. The minimum absolute atomic E-state index is 0.143. The minimum Gasteiger partial charge on any atom is -0.458 e. The number of ether oxygens (including phenoxy) is 1. The van der Waals surface area contributed by atoms with Gasteiger partial charge in [0, 0.05) is 0 Å². The smallest absolute Gasteiger partial charge is 0.402 e. The molecule has 0 spiro atoms. The Morgan fingerprint density at radius 3 is 2.52 bits per heavy atom. The average Bonchev–Trinajstić information content (AvgIpc) is 2.59. The summed E-state index contributed by atoms with van der Waals surface area (Å²) in [7, 11) is -5.58. The van der Waals surface area contributed by atoms with Gasteiger partial charge < -0.3 is 4.74 Å². The molecule has 0 heterocycles. The number of hydrogen-bond donors (Lipinski definition) is 1. The fourth-order valence-corrected chi connectivity index (χ4v) is 5.71. The van der Waals surface area contributed by atoms with Gasteiger partial charge in [-0.05, 0) is 55.3 Å². The molecule has 5 unspecified atom stereocenters. The van der Waals surface area contributed by atoms with Gasteiger partial charge in [-0.2, -0.15) is 17.2 Å². The third-order valence-electron chi connectivity index (χ3n) is 6.08. The number of hydrogen-bond acceptors (Lipinski definition) is 4. The summed E-state index contributed by atoms with van der Waals surface area (Å²) in [4.78, 5) is 12.5. The molecule has 2 bridgehead atoms. The molecule has 3 saturated carbocycles. The first-order valence-corrected chi connectivity index (χ1v) is 9.35. The van der Waals surface area contributed by atoms with E-state index in [1.54, 1.807) is 0 Å². The van der Waals surface area contributed by atoms with Gasteiger partial charge in [0.1, 0.15) is 0 Å². The molecule has 132 valence electrons. The van der Waals surface area contributed by atoms with Crippen molar-refractivity contribution < 1.29 is 31.3 Å². The Labute approximate surface area is 134 Å². The molecule has 3 rings (SSSR count).